The highest BCUT2D eigenvalue weighted by atomic mass is 16.2. The number of rotatable bonds is 4. The van der Waals surface area contributed by atoms with Gasteiger partial charge in [0, 0.05) is 36.8 Å². The molecular formula is C28H26N4O2. The number of aryl methyl sites for hydroxylation is 1. The third-order valence-corrected chi connectivity index (χ3v) is 6.95. The van der Waals surface area contributed by atoms with Crippen LogP contribution in [-0.4, -0.2) is 34.5 Å². The summed E-state index contributed by atoms with van der Waals surface area (Å²) in [5.41, 5.74) is 4.92. The molecule has 34 heavy (non-hydrogen) atoms. The summed E-state index contributed by atoms with van der Waals surface area (Å²) in [6.07, 6.45) is 2.35. The van der Waals surface area contributed by atoms with Gasteiger partial charge in [0.1, 0.15) is 12.4 Å². The Balaban J connectivity index is 1.34. The van der Waals surface area contributed by atoms with E-state index in [4.69, 9.17) is 4.98 Å². The van der Waals surface area contributed by atoms with E-state index in [1.54, 1.807) is 0 Å². The maximum atomic E-state index is 13.6. The molecule has 0 spiro atoms. The number of benzene rings is 3. The van der Waals surface area contributed by atoms with Gasteiger partial charge in [0.25, 0.3) is 0 Å². The number of hydrogen-bond donors (Lipinski definition) is 0. The zero-order valence-electron chi connectivity index (χ0n) is 18.9. The maximum Gasteiger partial charge on any atom is 0.246 e. The molecule has 6 rings (SSSR count). The van der Waals surface area contributed by atoms with Gasteiger partial charge in [0.05, 0.1) is 11.0 Å². The van der Waals surface area contributed by atoms with E-state index in [2.05, 4.69) is 6.07 Å². The molecule has 0 saturated carbocycles. The summed E-state index contributed by atoms with van der Waals surface area (Å²) in [7, 11) is 0. The Labute approximate surface area is 198 Å². The lowest BCUT2D eigenvalue weighted by molar-refractivity contribution is -0.119. The Morgan fingerprint density at radius 3 is 2.59 bits per heavy atom. The van der Waals surface area contributed by atoms with Crippen molar-refractivity contribution < 1.29 is 9.59 Å². The molecule has 1 unspecified atom stereocenters. The van der Waals surface area contributed by atoms with E-state index in [0.29, 0.717) is 13.0 Å². The molecule has 1 fully saturated rings. The second-order valence-electron chi connectivity index (χ2n) is 9.06. The summed E-state index contributed by atoms with van der Waals surface area (Å²) in [6, 6.07) is 25.8. The quantitative estimate of drug-likeness (QED) is 0.459. The predicted molar refractivity (Wildman–Crippen MR) is 133 cm³/mol. The van der Waals surface area contributed by atoms with E-state index in [1.807, 2.05) is 87.2 Å². The Morgan fingerprint density at radius 2 is 1.71 bits per heavy atom. The summed E-state index contributed by atoms with van der Waals surface area (Å²) in [5.74, 6) is 0.889. The van der Waals surface area contributed by atoms with Crippen LogP contribution in [0.4, 0.5) is 11.4 Å². The number of fused-ring (bicyclic) bond motifs is 2. The molecule has 2 aliphatic rings. The molecule has 1 atom stereocenters. The summed E-state index contributed by atoms with van der Waals surface area (Å²) in [4.78, 5) is 35.1. The van der Waals surface area contributed by atoms with E-state index < -0.39 is 0 Å². The van der Waals surface area contributed by atoms with Gasteiger partial charge in [-0.05, 0) is 48.7 Å². The molecule has 3 aromatic carbocycles. The molecule has 1 saturated heterocycles. The monoisotopic (exact) mass is 450 g/mol. The Bertz CT molecular complexity index is 1380. The maximum absolute atomic E-state index is 13.6. The van der Waals surface area contributed by atoms with Crippen LogP contribution in [0.1, 0.15) is 30.1 Å². The third kappa shape index (κ3) is 3.55. The number of amides is 2. The highest BCUT2D eigenvalue weighted by molar-refractivity contribution is 5.97. The number of aromatic nitrogens is 2. The molecule has 2 amide bonds. The van der Waals surface area contributed by atoms with Gasteiger partial charge in [-0.2, -0.15) is 0 Å². The molecule has 2 aliphatic heterocycles. The summed E-state index contributed by atoms with van der Waals surface area (Å²) in [5, 5.41) is 0. The van der Waals surface area contributed by atoms with Gasteiger partial charge in [-0.1, -0.05) is 48.5 Å². The van der Waals surface area contributed by atoms with Crippen molar-refractivity contribution in [1.29, 1.82) is 0 Å². The number of para-hydroxylation sites is 4. The number of carbonyl (C=O) groups excluding carboxylic acids is 2. The fourth-order valence-electron chi connectivity index (χ4n) is 5.32. The van der Waals surface area contributed by atoms with Gasteiger partial charge in [-0.25, -0.2) is 4.98 Å². The minimum atomic E-state index is -0.0680. The number of hydrogen-bond acceptors (Lipinski definition) is 3. The second kappa shape index (κ2) is 8.45. The molecule has 0 bridgehead atoms. The number of imidazole rings is 1. The van der Waals surface area contributed by atoms with Crippen molar-refractivity contribution in [2.24, 2.45) is 0 Å². The molecule has 3 heterocycles. The minimum Gasteiger partial charge on any atom is -0.318 e. The Morgan fingerprint density at radius 1 is 0.941 bits per heavy atom. The van der Waals surface area contributed by atoms with Crippen LogP contribution in [-0.2, 0) is 22.6 Å². The van der Waals surface area contributed by atoms with Crippen LogP contribution in [0.3, 0.4) is 0 Å². The smallest absolute Gasteiger partial charge is 0.246 e. The Hall–Kier alpha value is -3.93. The third-order valence-electron chi connectivity index (χ3n) is 6.95. The SMILES string of the molecule is O=C1CC(c2nc3ccccc3n2CC(=O)N2CCCc3ccccc32)CN1c1ccccc1. The average Bonchev–Trinajstić information content (AvgIpc) is 3.44. The highest BCUT2D eigenvalue weighted by Crippen LogP contribution is 2.34. The molecule has 170 valence electrons. The zero-order chi connectivity index (χ0) is 23.1. The van der Waals surface area contributed by atoms with Gasteiger partial charge in [-0.15, -0.1) is 0 Å². The van der Waals surface area contributed by atoms with Gasteiger partial charge in [0.15, 0.2) is 0 Å². The van der Waals surface area contributed by atoms with Crippen LogP contribution < -0.4 is 9.80 Å². The van der Waals surface area contributed by atoms with Gasteiger partial charge in [0.2, 0.25) is 11.8 Å². The van der Waals surface area contributed by atoms with Crippen LogP contribution in [0, 0.1) is 0 Å². The van der Waals surface area contributed by atoms with Crippen molar-refractivity contribution in [3.05, 3.63) is 90.3 Å². The average molecular weight is 451 g/mol. The van der Waals surface area contributed by atoms with Crippen LogP contribution in [0.2, 0.25) is 0 Å². The van der Waals surface area contributed by atoms with Crippen molar-refractivity contribution in [2.75, 3.05) is 22.9 Å². The van der Waals surface area contributed by atoms with Crippen LogP contribution >= 0.6 is 0 Å². The van der Waals surface area contributed by atoms with Crippen LogP contribution in [0.5, 0.6) is 0 Å². The van der Waals surface area contributed by atoms with Crippen molar-refractivity contribution >= 4 is 34.2 Å². The Kier molecular flexibility index (Phi) is 5.13. The summed E-state index contributed by atoms with van der Waals surface area (Å²) in [6.45, 7) is 1.49. The molecule has 0 N–H and O–H groups in total. The van der Waals surface area contributed by atoms with E-state index in [1.165, 1.54) is 5.56 Å². The number of carbonyl (C=O) groups is 2. The number of nitrogens with zero attached hydrogens (tertiary/aromatic N) is 4. The first kappa shape index (κ1) is 20.7. The van der Waals surface area contributed by atoms with Gasteiger partial charge < -0.3 is 14.4 Å². The molecular weight excluding hydrogens is 424 g/mol. The first-order valence-electron chi connectivity index (χ1n) is 11.9. The van der Waals surface area contributed by atoms with Crippen molar-refractivity contribution in [3.63, 3.8) is 0 Å². The van der Waals surface area contributed by atoms with E-state index in [-0.39, 0.29) is 24.3 Å². The van der Waals surface area contributed by atoms with Gasteiger partial charge in [-0.3, -0.25) is 9.59 Å². The lowest BCUT2D eigenvalue weighted by Gasteiger charge is -2.30. The van der Waals surface area contributed by atoms with E-state index in [9.17, 15) is 9.59 Å². The molecule has 0 aliphatic carbocycles. The largest absolute Gasteiger partial charge is 0.318 e. The molecule has 0 radical (unpaired) electrons. The fraction of sp³-hybridized carbons (Fsp3) is 0.250. The molecule has 1 aromatic heterocycles. The van der Waals surface area contributed by atoms with Crippen molar-refractivity contribution in [2.45, 2.75) is 31.7 Å². The van der Waals surface area contributed by atoms with Crippen molar-refractivity contribution in [3.8, 4) is 0 Å². The number of anilines is 2. The van der Waals surface area contributed by atoms with E-state index >= 15 is 0 Å². The lowest BCUT2D eigenvalue weighted by atomic mass is 10.0. The van der Waals surface area contributed by atoms with Crippen LogP contribution in [0.15, 0.2) is 78.9 Å². The normalized spacial score (nSPS) is 17.9. The summed E-state index contributed by atoms with van der Waals surface area (Å²) >= 11 is 0. The topological polar surface area (TPSA) is 58.4 Å². The van der Waals surface area contributed by atoms with E-state index in [0.717, 1.165) is 47.6 Å². The molecule has 6 nitrogen and oxygen atoms in total. The fourth-order valence-corrected chi connectivity index (χ4v) is 5.32. The molecule has 6 heteroatoms. The minimum absolute atomic E-state index is 0.0563. The van der Waals surface area contributed by atoms with Crippen LogP contribution in [0.25, 0.3) is 11.0 Å². The standard InChI is InChI=1S/C28H26N4O2/c33-26-17-21(18-31(26)22-11-2-1-3-12-22)28-29-23-13-5-7-15-25(23)32(28)19-27(34)30-16-8-10-20-9-4-6-14-24(20)30/h1-7,9,11-15,21H,8,10,16-19H2. The first-order chi connectivity index (χ1) is 16.7. The second-order valence-corrected chi connectivity index (χ2v) is 9.06. The lowest BCUT2D eigenvalue weighted by Crippen LogP contribution is -2.38. The summed E-state index contributed by atoms with van der Waals surface area (Å²) < 4.78 is 2.03. The van der Waals surface area contributed by atoms with Gasteiger partial charge >= 0.3 is 0 Å². The molecule has 4 aromatic rings. The zero-order valence-corrected chi connectivity index (χ0v) is 18.9. The first-order valence-corrected chi connectivity index (χ1v) is 11.9. The highest BCUT2D eigenvalue weighted by Gasteiger charge is 2.35. The van der Waals surface area contributed by atoms with Crippen molar-refractivity contribution in [1.82, 2.24) is 9.55 Å². The predicted octanol–water partition coefficient (Wildman–Crippen LogP) is 4.54.